The number of aromatic carboxylic acids is 1. The third-order valence-corrected chi connectivity index (χ3v) is 4.33. The van der Waals surface area contributed by atoms with Crippen molar-refractivity contribution in [3.05, 3.63) is 29.6 Å². The summed E-state index contributed by atoms with van der Waals surface area (Å²) in [6.45, 7) is 2.02. The Kier molecular flexibility index (Phi) is 6.25. The third-order valence-electron chi connectivity index (χ3n) is 2.79. The van der Waals surface area contributed by atoms with Gasteiger partial charge in [0.15, 0.2) is 0 Å². The molecular weight excluding hydrogens is 301 g/mol. The van der Waals surface area contributed by atoms with Gasteiger partial charge in [-0.25, -0.2) is 22.3 Å². The number of carboxylic acids is 1. The van der Waals surface area contributed by atoms with Gasteiger partial charge in [-0.1, -0.05) is 13.3 Å². The molecule has 0 saturated heterocycles. The number of nitrogens with one attached hydrogen (secondary N) is 1. The predicted octanol–water partition coefficient (Wildman–Crippen LogP) is 1.62. The number of carbonyl (C=O) groups is 1. The van der Waals surface area contributed by atoms with Crippen LogP contribution in [0.15, 0.2) is 23.1 Å². The maximum atomic E-state index is 13.7. The summed E-state index contributed by atoms with van der Waals surface area (Å²) in [5.41, 5.74) is -0.296. The first-order valence-electron chi connectivity index (χ1n) is 6.36. The molecule has 0 aromatic heterocycles. The number of benzene rings is 1. The molecule has 118 valence electrons. The zero-order valence-corrected chi connectivity index (χ0v) is 12.6. The first kappa shape index (κ1) is 17.5. The Bertz CT molecular complexity index is 597. The quantitative estimate of drug-likeness (QED) is 0.759. The van der Waals surface area contributed by atoms with Crippen LogP contribution in [-0.4, -0.2) is 39.3 Å². The van der Waals surface area contributed by atoms with Gasteiger partial charge < -0.3 is 9.84 Å². The van der Waals surface area contributed by atoms with Crippen LogP contribution in [0.5, 0.6) is 0 Å². The van der Waals surface area contributed by atoms with Crippen molar-refractivity contribution in [1.82, 2.24) is 4.72 Å². The van der Waals surface area contributed by atoms with Crippen LogP contribution in [0, 0.1) is 5.82 Å². The minimum atomic E-state index is -4.16. The van der Waals surface area contributed by atoms with E-state index in [0.717, 1.165) is 18.2 Å². The number of methoxy groups -OCH3 is 1. The fourth-order valence-corrected chi connectivity index (χ4v) is 3.21. The molecule has 1 rings (SSSR count). The molecule has 0 heterocycles. The average Bonchev–Trinajstić information content (AvgIpc) is 2.38. The first-order valence-corrected chi connectivity index (χ1v) is 7.84. The molecule has 0 spiro atoms. The maximum absolute atomic E-state index is 13.7. The van der Waals surface area contributed by atoms with Gasteiger partial charge in [-0.3, -0.25) is 0 Å². The molecule has 1 atom stereocenters. The molecule has 0 aliphatic carbocycles. The number of hydrogen-bond donors (Lipinski definition) is 2. The highest BCUT2D eigenvalue weighted by Crippen LogP contribution is 2.17. The second kappa shape index (κ2) is 7.48. The van der Waals surface area contributed by atoms with Crippen molar-refractivity contribution < 1.29 is 27.4 Å². The highest BCUT2D eigenvalue weighted by Gasteiger charge is 2.24. The Balaban J connectivity index is 3.11. The van der Waals surface area contributed by atoms with E-state index < -0.39 is 32.7 Å². The lowest BCUT2D eigenvalue weighted by Gasteiger charge is -2.17. The molecule has 6 nitrogen and oxygen atoms in total. The highest BCUT2D eigenvalue weighted by molar-refractivity contribution is 7.89. The molecule has 1 unspecified atom stereocenters. The molecule has 21 heavy (non-hydrogen) atoms. The van der Waals surface area contributed by atoms with Crippen molar-refractivity contribution >= 4 is 16.0 Å². The van der Waals surface area contributed by atoms with Gasteiger partial charge in [-0.15, -0.1) is 0 Å². The van der Waals surface area contributed by atoms with Gasteiger partial charge in [-0.2, -0.15) is 0 Å². The first-order chi connectivity index (χ1) is 9.81. The molecule has 0 bridgehead atoms. The van der Waals surface area contributed by atoms with Crippen LogP contribution in [0.1, 0.15) is 30.1 Å². The number of halogens is 1. The van der Waals surface area contributed by atoms with E-state index in [-0.39, 0.29) is 12.2 Å². The van der Waals surface area contributed by atoms with Gasteiger partial charge in [-0.05, 0) is 24.6 Å². The summed E-state index contributed by atoms with van der Waals surface area (Å²) in [5, 5.41) is 8.86. The zero-order valence-electron chi connectivity index (χ0n) is 11.8. The van der Waals surface area contributed by atoms with E-state index in [9.17, 15) is 17.6 Å². The van der Waals surface area contributed by atoms with Crippen LogP contribution < -0.4 is 4.72 Å². The lowest BCUT2D eigenvalue weighted by Crippen LogP contribution is -2.38. The standard InChI is InChI=1S/C13H18FNO5S/c1-3-4-10(8-20-2)15-21(18,19)12-7-9(13(16)17)5-6-11(12)14/h5-7,10,15H,3-4,8H2,1-2H3,(H,16,17). The normalized spacial score (nSPS) is 13.1. The minimum Gasteiger partial charge on any atom is -0.478 e. The largest absolute Gasteiger partial charge is 0.478 e. The molecular formula is C13H18FNO5S. The molecule has 1 aromatic carbocycles. The molecule has 0 fully saturated rings. The van der Waals surface area contributed by atoms with Crippen molar-refractivity contribution in [2.75, 3.05) is 13.7 Å². The van der Waals surface area contributed by atoms with Crippen molar-refractivity contribution in [1.29, 1.82) is 0 Å². The molecule has 0 aliphatic heterocycles. The number of carboxylic acid groups (broad SMARTS) is 1. The Hall–Kier alpha value is -1.51. The van der Waals surface area contributed by atoms with E-state index in [1.54, 1.807) is 0 Å². The molecule has 1 aromatic rings. The fraction of sp³-hybridized carbons (Fsp3) is 0.462. The van der Waals surface area contributed by atoms with Crippen LogP contribution >= 0.6 is 0 Å². The second-order valence-electron chi connectivity index (χ2n) is 4.51. The van der Waals surface area contributed by atoms with Crippen LogP contribution in [0.25, 0.3) is 0 Å². The van der Waals surface area contributed by atoms with Gasteiger partial charge in [0, 0.05) is 13.2 Å². The van der Waals surface area contributed by atoms with Crippen molar-refractivity contribution in [2.45, 2.75) is 30.7 Å². The van der Waals surface area contributed by atoms with E-state index in [0.29, 0.717) is 12.8 Å². The summed E-state index contributed by atoms with van der Waals surface area (Å²) >= 11 is 0. The number of ether oxygens (including phenoxy) is 1. The van der Waals surface area contributed by atoms with Crippen LogP contribution in [-0.2, 0) is 14.8 Å². The molecule has 0 amide bonds. The lowest BCUT2D eigenvalue weighted by molar-refractivity contribution is 0.0696. The topological polar surface area (TPSA) is 92.7 Å². The van der Waals surface area contributed by atoms with Crippen molar-refractivity contribution in [3.63, 3.8) is 0 Å². The van der Waals surface area contributed by atoms with Gasteiger partial charge in [0.2, 0.25) is 10.0 Å². The Morgan fingerprint density at radius 3 is 2.67 bits per heavy atom. The molecule has 0 saturated carbocycles. The smallest absolute Gasteiger partial charge is 0.335 e. The van der Waals surface area contributed by atoms with Crippen molar-refractivity contribution in [2.24, 2.45) is 0 Å². The summed E-state index contributed by atoms with van der Waals surface area (Å²) in [6, 6.07) is 2.13. The van der Waals surface area contributed by atoms with Crippen LogP contribution in [0.3, 0.4) is 0 Å². The maximum Gasteiger partial charge on any atom is 0.335 e. The Morgan fingerprint density at radius 1 is 1.48 bits per heavy atom. The predicted molar refractivity (Wildman–Crippen MR) is 74.3 cm³/mol. The molecule has 0 radical (unpaired) electrons. The fourth-order valence-electron chi connectivity index (χ4n) is 1.85. The summed E-state index contributed by atoms with van der Waals surface area (Å²) in [5.74, 6) is -2.33. The van der Waals surface area contributed by atoms with Crippen LogP contribution in [0.2, 0.25) is 0 Å². The number of rotatable bonds is 8. The Labute approximate surface area is 123 Å². The molecule has 0 aliphatic rings. The molecule has 2 N–H and O–H groups in total. The Morgan fingerprint density at radius 2 is 2.14 bits per heavy atom. The van der Waals surface area contributed by atoms with E-state index in [2.05, 4.69) is 4.72 Å². The van der Waals surface area contributed by atoms with E-state index in [4.69, 9.17) is 9.84 Å². The summed E-state index contributed by atoms with van der Waals surface area (Å²) < 4.78 is 45.3. The average molecular weight is 319 g/mol. The summed E-state index contributed by atoms with van der Waals surface area (Å²) in [6.07, 6.45) is 1.24. The summed E-state index contributed by atoms with van der Waals surface area (Å²) in [7, 11) is -2.73. The van der Waals surface area contributed by atoms with E-state index >= 15 is 0 Å². The van der Waals surface area contributed by atoms with Gasteiger partial charge in [0.1, 0.15) is 10.7 Å². The third kappa shape index (κ3) is 4.76. The van der Waals surface area contributed by atoms with Crippen molar-refractivity contribution in [3.8, 4) is 0 Å². The van der Waals surface area contributed by atoms with E-state index in [1.165, 1.54) is 7.11 Å². The second-order valence-corrected chi connectivity index (χ2v) is 6.19. The SMILES string of the molecule is CCCC(COC)NS(=O)(=O)c1cc(C(=O)O)ccc1F. The van der Waals surface area contributed by atoms with Gasteiger partial charge in [0.05, 0.1) is 12.2 Å². The highest BCUT2D eigenvalue weighted by atomic mass is 32.2. The number of sulfonamides is 1. The van der Waals surface area contributed by atoms with E-state index in [1.807, 2.05) is 6.92 Å². The van der Waals surface area contributed by atoms with Gasteiger partial charge >= 0.3 is 5.97 Å². The summed E-state index contributed by atoms with van der Waals surface area (Å²) in [4.78, 5) is 10.2. The zero-order chi connectivity index (χ0) is 16.0. The lowest BCUT2D eigenvalue weighted by atomic mass is 10.2. The van der Waals surface area contributed by atoms with Gasteiger partial charge in [0.25, 0.3) is 0 Å². The number of hydrogen-bond acceptors (Lipinski definition) is 4. The minimum absolute atomic E-state index is 0.146. The molecule has 8 heteroatoms. The monoisotopic (exact) mass is 319 g/mol. The van der Waals surface area contributed by atoms with Crippen LogP contribution in [0.4, 0.5) is 4.39 Å².